The topological polar surface area (TPSA) is 35.5 Å². The van der Waals surface area contributed by atoms with Crippen LogP contribution in [-0.2, 0) is 9.47 Å². The van der Waals surface area contributed by atoms with Crippen molar-refractivity contribution in [3.63, 3.8) is 0 Å². The predicted octanol–water partition coefficient (Wildman–Crippen LogP) is 3.42. The molecular weight excluding hydrogens is 260 g/mol. The molecule has 1 aromatic rings. The average molecular weight is 277 g/mol. The fourth-order valence-electron chi connectivity index (χ4n) is 1.17. The Bertz CT molecular complexity index is 338. The summed E-state index contributed by atoms with van der Waals surface area (Å²) in [6.07, 6.45) is 2.19. The van der Waals surface area contributed by atoms with E-state index in [0.29, 0.717) is 22.4 Å². The second-order valence-corrected chi connectivity index (χ2v) is 5.26. The normalized spacial score (nSPS) is 10.7. The molecule has 3 nitrogen and oxygen atoms in total. The number of ketones is 1. The van der Waals surface area contributed by atoms with E-state index in [1.807, 2.05) is 0 Å². The monoisotopic (exact) mass is 276 g/mol. The van der Waals surface area contributed by atoms with E-state index in [4.69, 9.17) is 21.1 Å². The minimum Gasteiger partial charge on any atom is -0.379 e. The van der Waals surface area contributed by atoms with E-state index in [2.05, 4.69) is 6.92 Å². The number of Topliss-reactive ketones (excluding diaryl/α,β-unsaturated/α-hetero) is 1. The number of carbonyl (C=O) groups excluding carboxylic acids is 1. The summed E-state index contributed by atoms with van der Waals surface area (Å²) >= 11 is 7.02. The minimum atomic E-state index is -0.0320. The lowest BCUT2D eigenvalue weighted by Gasteiger charge is -2.04. The van der Waals surface area contributed by atoms with Crippen molar-refractivity contribution in [2.75, 3.05) is 26.4 Å². The smallest absolute Gasteiger partial charge is 0.198 e. The summed E-state index contributed by atoms with van der Waals surface area (Å²) < 4.78 is 11.2. The van der Waals surface area contributed by atoms with Crippen molar-refractivity contribution in [2.45, 2.75) is 19.8 Å². The average Bonchev–Trinajstić information content (AvgIpc) is 2.74. The second kappa shape index (κ2) is 8.64. The molecule has 0 bridgehead atoms. The van der Waals surface area contributed by atoms with Gasteiger partial charge in [-0.25, -0.2) is 0 Å². The molecule has 1 rings (SSSR count). The highest BCUT2D eigenvalue weighted by atomic mass is 35.5. The number of halogens is 1. The summed E-state index contributed by atoms with van der Waals surface area (Å²) in [6.45, 7) is 3.96. The highest BCUT2D eigenvalue weighted by Crippen LogP contribution is 2.21. The molecule has 0 saturated heterocycles. The fraction of sp³-hybridized carbons (Fsp3) is 0.583. The summed E-state index contributed by atoms with van der Waals surface area (Å²) in [4.78, 5) is 12.2. The molecule has 0 unspecified atom stereocenters. The van der Waals surface area contributed by atoms with Gasteiger partial charge in [0.1, 0.15) is 6.61 Å². The second-order valence-electron chi connectivity index (χ2n) is 3.55. The van der Waals surface area contributed by atoms with Crippen LogP contribution < -0.4 is 0 Å². The van der Waals surface area contributed by atoms with E-state index in [1.165, 1.54) is 11.3 Å². The van der Waals surface area contributed by atoms with Gasteiger partial charge in [-0.1, -0.05) is 24.9 Å². The molecule has 0 aliphatic heterocycles. The number of carbonyl (C=O) groups is 1. The van der Waals surface area contributed by atoms with Gasteiger partial charge < -0.3 is 9.47 Å². The maximum Gasteiger partial charge on any atom is 0.198 e. The number of unbranched alkanes of at least 4 members (excludes halogenated alkanes) is 1. The van der Waals surface area contributed by atoms with Gasteiger partial charge in [-0.05, 0) is 18.6 Å². The molecule has 0 aliphatic carbocycles. The molecule has 1 heterocycles. The molecule has 96 valence electrons. The van der Waals surface area contributed by atoms with Crippen molar-refractivity contribution in [1.82, 2.24) is 0 Å². The summed E-state index contributed by atoms with van der Waals surface area (Å²) in [5.74, 6) is -0.0320. The van der Waals surface area contributed by atoms with Crippen LogP contribution in [0.25, 0.3) is 0 Å². The quantitative estimate of drug-likeness (QED) is 0.512. The predicted molar refractivity (Wildman–Crippen MR) is 70.2 cm³/mol. The van der Waals surface area contributed by atoms with Crippen LogP contribution in [0.4, 0.5) is 0 Å². The third-order valence-electron chi connectivity index (χ3n) is 2.10. The minimum absolute atomic E-state index is 0.0320. The molecule has 17 heavy (non-hydrogen) atoms. The molecule has 0 radical (unpaired) electrons. The maximum atomic E-state index is 11.6. The van der Waals surface area contributed by atoms with Gasteiger partial charge >= 0.3 is 0 Å². The molecule has 1 aromatic heterocycles. The van der Waals surface area contributed by atoms with E-state index in [0.717, 1.165) is 19.4 Å². The zero-order chi connectivity index (χ0) is 12.5. The summed E-state index contributed by atoms with van der Waals surface area (Å²) in [5.41, 5.74) is 0. The molecule has 0 aliphatic rings. The molecule has 0 amide bonds. The first-order chi connectivity index (χ1) is 8.24. The van der Waals surface area contributed by atoms with E-state index < -0.39 is 0 Å². The Labute approximate surface area is 111 Å². The van der Waals surface area contributed by atoms with E-state index in [9.17, 15) is 4.79 Å². The molecule has 0 atom stereocenters. The highest BCUT2D eigenvalue weighted by Gasteiger charge is 2.08. The van der Waals surface area contributed by atoms with Gasteiger partial charge in [0.15, 0.2) is 5.78 Å². The molecule has 0 saturated carbocycles. The van der Waals surface area contributed by atoms with Crippen molar-refractivity contribution >= 4 is 28.7 Å². The maximum absolute atomic E-state index is 11.6. The Balaban J connectivity index is 2.05. The van der Waals surface area contributed by atoms with E-state index in [-0.39, 0.29) is 12.4 Å². The first-order valence-electron chi connectivity index (χ1n) is 5.68. The number of hydrogen-bond acceptors (Lipinski definition) is 4. The van der Waals surface area contributed by atoms with Crippen LogP contribution in [0.5, 0.6) is 0 Å². The van der Waals surface area contributed by atoms with Crippen LogP contribution in [0, 0.1) is 0 Å². The Morgan fingerprint density at radius 1 is 1.29 bits per heavy atom. The molecule has 5 heteroatoms. The van der Waals surface area contributed by atoms with Gasteiger partial charge in [0.2, 0.25) is 0 Å². The lowest BCUT2D eigenvalue weighted by molar-refractivity contribution is 0.0434. The molecule has 0 N–H and O–H groups in total. The Morgan fingerprint density at radius 2 is 2.06 bits per heavy atom. The first kappa shape index (κ1) is 14.6. The van der Waals surface area contributed by atoms with Crippen molar-refractivity contribution in [1.29, 1.82) is 0 Å². The zero-order valence-electron chi connectivity index (χ0n) is 9.91. The van der Waals surface area contributed by atoms with Crippen LogP contribution in [0.1, 0.15) is 29.4 Å². The van der Waals surface area contributed by atoms with Crippen LogP contribution in [0.2, 0.25) is 4.34 Å². The number of ether oxygens (including phenoxy) is 2. The van der Waals surface area contributed by atoms with Gasteiger partial charge in [-0.2, -0.15) is 0 Å². The Kier molecular flexibility index (Phi) is 7.44. The van der Waals surface area contributed by atoms with Crippen molar-refractivity contribution in [2.24, 2.45) is 0 Å². The largest absolute Gasteiger partial charge is 0.379 e. The number of thiophene rings is 1. The fourth-order valence-corrected chi connectivity index (χ4v) is 2.13. The lowest BCUT2D eigenvalue weighted by Crippen LogP contribution is -2.12. The van der Waals surface area contributed by atoms with Gasteiger partial charge in [0, 0.05) is 6.61 Å². The van der Waals surface area contributed by atoms with Crippen molar-refractivity contribution < 1.29 is 14.3 Å². The van der Waals surface area contributed by atoms with E-state index >= 15 is 0 Å². The zero-order valence-corrected chi connectivity index (χ0v) is 11.5. The van der Waals surface area contributed by atoms with Gasteiger partial charge in [-0.15, -0.1) is 11.3 Å². The number of hydrogen-bond donors (Lipinski definition) is 0. The molecular formula is C12H17ClO3S. The molecule has 0 spiro atoms. The summed E-state index contributed by atoms with van der Waals surface area (Å²) in [5, 5.41) is 0. The first-order valence-corrected chi connectivity index (χ1v) is 6.87. The van der Waals surface area contributed by atoms with Crippen LogP contribution in [-0.4, -0.2) is 32.2 Å². The lowest BCUT2D eigenvalue weighted by atomic mass is 10.3. The van der Waals surface area contributed by atoms with Crippen LogP contribution in [0.15, 0.2) is 12.1 Å². The molecule has 0 aromatic carbocycles. The number of rotatable bonds is 9. The van der Waals surface area contributed by atoms with Crippen LogP contribution >= 0.6 is 22.9 Å². The van der Waals surface area contributed by atoms with E-state index in [1.54, 1.807) is 12.1 Å². The van der Waals surface area contributed by atoms with Crippen molar-refractivity contribution in [3.05, 3.63) is 21.3 Å². The van der Waals surface area contributed by atoms with Crippen LogP contribution in [0.3, 0.4) is 0 Å². The standard InChI is InChI=1S/C12H17ClO3S/c1-2-3-6-15-7-8-16-9-10(14)11-4-5-12(13)17-11/h4-5H,2-3,6-9H2,1H3. The summed E-state index contributed by atoms with van der Waals surface area (Å²) in [7, 11) is 0. The van der Waals surface area contributed by atoms with Gasteiger partial charge in [0.05, 0.1) is 22.4 Å². The Hall–Kier alpha value is -0.420. The Morgan fingerprint density at radius 3 is 2.71 bits per heavy atom. The highest BCUT2D eigenvalue weighted by molar-refractivity contribution is 7.18. The summed E-state index contributed by atoms with van der Waals surface area (Å²) in [6, 6.07) is 3.43. The SMILES string of the molecule is CCCCOCCOCC(=O)c1ccc(Cl)s1. The third-order valence-corrected chi connectivity index (χ3v) is 3.37. The van der Waals surface area contributed by atoms with Crippen molar-refractivity contribution in [3.8, 4) is 0 Å². The third kappa shape index (κ3) is 6.17. The van der Waals surface area contributed by atoms with Gasteiger partial charge in [-0.3, -0.25) is 4.79 Å². The molecule has 0 fully saturated rings. The van der Waals surface area contributed by atoms with Gasteiger partial charge in [0.25, 0.3) is 0 Å².